The minimum absolute atomic E-state index is 0.0363. The summed E-state index contributed by atoms with van der Waals surface area (Å²) in [5, 5.41) is 6.11. The highest BCUT2D eigenvalue weighted by molar-refractivity contribution is 5.88. The molecule has 32 heavy (non-hydrogen) atoms. The third-order valence-electron chi connectivity index (χ3n) is 7.17. The molecule has 4 rings (SSSR count). The van der Waals surface area contributed by atoms with Gasteiger partial charge < -0.3 is 20.1 Å². The summed E-state index contributed by atoms with van der Waals surface area (Å²) in [5.74, 6) is 0.670. The molecule has 8 nitrogen and oxygen atoms in total. The lowest BCUT2D eigenvalue weighted by Crippen LogP contribution is -2.59. The lowest BCUT2D eigenvalue weighted by Gasteiger charge is -2.43. The highest BCUT2D eigenvalue weighted by Crippen LogP contribution is 2.35. The molecule has 2 aliphatic heterocycles. The second kappa shape index (κ2) is 10.6. The average Bonchev–Trinajstić information content (AvgIpc) is 3.31. The Kier molecular flexibility index (Phi) is 7.65. The Morgan fingerprint density at radius 1 is 1.25 bits per heavy atom. The van der Waals surface area contributed by atoms with Crippen LogP contribution in [-0.2, 0) is 20.9 Å². The minimum Gasteiger partial charge on any atom is -0.497 e. The van der Waals surface area contributed by atoms with Crippen molar-refractivity contribution in [3.05, 3.63) is 29.8 Å². The van der Waals surface area contributed by atoms with Crippen molar-refractivity contribution in [3.63, 3.8) is 0 Å². The fourth-order valence-corrected chi connectivity index (χ4v) is 5.37. The van der Waals surface area contributed by atoms with E-state index in [0.29, 0.717) is 19.6 Å². The zero-order valence-electron chi connectivity index (χ0n) is 19.1. The summed E-state index contributed by atoms with van der Waals surface area (Å²) in [7, 11) is 1.65. The molecule has 2 saturated heterocycles. The molecule has 176 valence electrons. The van der Waals surface area contributed by atoms with Crippen molar-refractivity contribution < 1.29 is 19.1 Å². The van der Waals surface area contributed by atoms with Gasteiger partial charge in [-0.3, -0.25) is 19.4 Å². The monoisotopic (exact) mass is 444 g/mol. The van der Waals surface area contributed by atoms with Crippen LogP contribution in [0.3, 0.4) is 0 Å². The molecule has 3 fully saturated rings. The summed E-state index contributed by atoms with van der Waals surface area (Å²) in [4.78, 5) is 30.2. The van der Waals surface area contributed by atoms with Crippen LogP contribution in [0.5, 0.6) is 5.75 Å². The maximum Gasteiger partial charge on any atom is 0.237 e. The molecule has 1 aromatic rings. The number of morpholine rings is 1. The second-order valence-corrected chi connectivity index (χ2v) is 9.14. The van der Waals surface area contributed by atoms with Crippen LogP contribution >= 0.6 is 0 Å². The van der Waals surface area contributed by atoms with Crippen LogP contribution in [0.4, 0.5) is 0 Å². The van der Waals surface area contributed by atoms with Gasteiger partial charge in [0.15, 0.2) is 0 Å². The molecule has 0 spiro atoms. The molecular formula is C24H36N4O4. The summed E-state index contributed by atoms with van der Waals surface area (Å²) < 4.78 is 10.9. The van der Waals surface area contributed by atoms with Gasteiger partial charge in [-0.1, -0.05) is 25.0 Å². The number of carbonyl (C=O) groups excluding carboxylic acids is 2. The number of hydrogen-bond donors (Lipinski definition) is 2. The molecule has 1 saturated carbocycles. The number of ether oxygens (including phenoxy) is 2. The smallest absolute Gasteiger partial charge is 0.237 e. The van der Waals surface area contributed by atoms with Crippen molar-refractivity contribution >= 4 is 11.8 Å². The summed E-state index contributed by atoms with van der Waals surface area (Å²) in [6.07, 6.45) is 4.80. The molecule has 0 radical (unpaired) electrons. The topological polar surface area (TPSA) is 83.1 Å². The summed E-state index contributed by atoms with van der Waals surface area (Å²) in [6, 6.07) is 7.41. The maximum absolute atomic E-state index is 13.0. The maximum atomic E-state index is 13.0. The van der Waals surface area contributed by atoms with Gasteiger partial charge in [0.2, 0.25) is 11.8 Å². The average molecular weight is 445 g/mol. The van der Waals surface area contributed by atoms with Crippen molar-refractivity contribution in [2.24, 2.45) is 0 Å². The first-order valence-electron chi connectivity index (χ1n) is 11.8. The number of carbonyl (C=O) groups is 2. The quantitative estimate of drug-likeness (QED) is 0.626. The fourth-order valence-electron chi connectivity index (χ4n) is 5.37. The molecule has 1 aliphatic carbocycles. The normalized spacial score (nSPS) is 24.2. The van der Waals surface area contributed by atoms with E-state index in [1.54, 1.807) is 7.11 Å². The van der Waals surface area contributed by atoms with Crippen LogP contribution in [0, 0.1) is 0 Å². The fraction of sp³-hybridized carbons (Fsp3) is 0.667. The molecule has 2 heterocycles. The molecule has 0 bridgehead atoms. The third-order valence-corrected chi connectivity index (χ3v) is 7.17. The SMILES string of the molecule is COc1cccc(CN2CCNC(=O)[C@@H]2CC(=O)NCC2(N3CCOCC3)CCCC2)c1. The van der Waals surface area contributed by atoms with Crippen molar-refractivity contribution in [2.45, 2.75) is 50.2 Å². The van der Waals surface area contributed by atoms with Crippen LogP contribution in [0.2, 0.25) is 0 Å². The van der Waals surface area contributed by atoms with E-state index in [1.807, 2.05) is 24.3 Å². The Balaban J connectivity index is 1.36. The molecule has 1 atom stereocenters. The van der Waals surface area contributed by atoms with Crippen LogP contribution in [-0.4, -0.2) is 86.2 Å². The van der Waals surface area contributed by atoms with Crippen LogP contribution in [0.1, 0.15) is 37.7 Å². The van der Waals surface area contributed by atoms with Gasteiger partial charge in [-0.15, -0.1) is 0 Å². The minimum atomic E-state index is -0.460. The number of hydrogen-bond acceptors (Lipinski definition) is 6. The lowest BCUT2D eigenvalue weighted by molar-refractivity contribution is -0.134. The van der Waals surface area contributed by atoms with E-state index >= 15 is 0 Å². The Bertz CT molecular complexity index is 790. The van der Waals surface area contributed by atoms with Crippen molar-refractivity contribution in [2.75, 3.05) is 53.0 Å². The Labute approximate surface area is 190 Å². The predicted molar refractivity (Wildman–Crippen MR) is 121 cm³/mol. The van der Waals surface area contributed by atoms with E-state index in [9.17, 15) is 9.59 Å². The summed E-state index contributed by atoms with van der Waals surface area (Å²) in [5.41, 5.74) is 1.11. The van der Waals surface area contributed by atoms with Gasteiger partial charge in [-0.2, -0.15) is 0 Å². The van der Waals surface area contributed by atoms with Gasteiger partial charge in [0.25, 0.3) is 0 Å². The van der Waals surface area contributed by atoms with E-state index < -0.39 is 6.04 Å². The molecule has 3 aliphatic rings. The number of piperazine rings is 1. The van der Waals surface area contributed by atoms with Gasteiger partial charge in [0, 0.05) is 44.8 Å². The second-order valence-electron chi connectivity index (χ2n) is 9.14. The zero-order valence-corrected chi connectivity index (χ0v) is 19.1. The largest absolute Gasteiger partial charge is 0.497 e. The van der Waals surface area contributed by atoms with Crippen molar-refractivity contribution in [3.8, 4) is 5.75 Å². The van der Waals surface area contributed by atoms with Crippen LogP contribution < -0.4 is 15.4 Å². The first-order valence-corrected chi connectivity index (χ1v) is 11.8. The van der Waals surface area contributed by atoms with Crippen molar-refractivity contribution in [1.29, 1.82) is 0 Å². The molecule has 2 amide bonds. The number of methoxy groups -OCH3 is 1. The first-order chi connectivity index (χ1) is 15.6. The zero-order chi connectivity index (χ0) is 22.4. The summed E-state index contributed by atoms with van der Waals surface area (Å²) >= 11 is 0. The first kappa shape index (κ1) is 23.0. The number of benzene rings is 1. The third kappa shape index (κ3) is 5.42. The molecule has 2 N–H and O–H groups in total. The Morgan fingerprint density at radius 3 is 2.78 bits per heavy atom. The number of nitrogens with zero attached hydrogens (tertiary/aromatic N) is 2. The van der Waals surface area contributed by atoms with E-state index in [2.05, 4.69) is 20.4 Å². The molecule has 1 aromatic carbocycles. The van der Waals surface area contributed by atoms with Gasteiger partial charge in [0.05, 0.1) is 32.8 Å². The van der Waals surface area contributed by atoms with Crippen molar-refractivity contribution in [1.82, 2.24) is 20.4 Å². The van der Waals surface area contributed by atoms with Gasteiger partial charge in [0.1, 0.15) is 5.75 Å². The molecule has 8 heteroatoms. The number of nitrogens with one attached hydrogen (secondary N) is 2. The molecular weight excluding hydrogens is 408 g/mol. The predicted octanol–water partition coefficient (Wildman–Crippen LogP) is 1.15. The summed E-state index contributed by atoms with van der Waals surface area (Å²) in [6.45, 7) is 5.95. The Hall–Kier alpha value is -2.16. The molecule has 0 aromatic heterocycles. The lowest BCUT2D eigenvalue weighted by atomic mass is 9.94. The van der Waals surface area contributed by atoms with E-state index in [1.165, 1.54) is 12.8 Å². The van der Waals surface area contributed by atoms with Gasteiger partial charge in [-0.25, -0.2) is 0 Å². The van der Waals surface area contributed by atoms with E-state index in [4.69, 9.17) is 9.47 Å². The van der Waals surface area contributed by atoms with E-state index in [-0.39, 0.29) is 23.8 Å². The highest BCUT2D eigenvalue weighted by atomic mass is 16.5. The van der Waals surface area contributed by atoms with Gasteiger partial charge in [-0.05, 0) is 30.5 Å². The number of rotatable bonds is 8. The highest BCUT2D eigenvalue weighted by Gasteiger charge is 2.40. The number of amides is 2. The van der Waals surface area contributed by atoms with E-state index in [0.717, 1.165) is 57.0 Å². The Morgan fingerprint density at radius 2 is 2.03 bits per heavy atom. The van der Waals surface area contributed by atoms with Crippen LogP contribution in [0.25, 0.3) is 0 Å². The van der Waals surface area contributed by atoms with Crippen LogP contribution in [0.15, 0.2) is 24.3 Å². The standard InChI is InChI=1S/C24H36N4O4/c1-31-20-6-4-5-19(15-20)17-27-10-9-25-23(30)21(27)16-22(29)26-18-24(7-2-3-8-24)28-11-13-32-14-12-28/h4-6,15,21H,2-3,7-14,16-18H2,1H3,(H,25,30)(H,26,29)/t21-/m0/s1. The van der Waals surface area contributed by atoms with Gasteiger partial charge >= 0.3 is 0 Å². The molecule has 0 unspecified atom stereocenters.